The highest BCUT2D eigenvalue weighted by atomic mass is 16.5. The van der Waals surface area contributed by atoms with Gasteiger partial charge in [-0.15, -0.1) is 0 Å². The molecule has 0 saturated heterocycles. The van der Waals surface area contributed by atoms with Gasteiger partial charge in [-0.05, 0) is 92.4 Å². The van der Waals surface area contributed by atoms with E-state index in [0.717, 1.165) is 27.8 Å². The molecule has 7 heteroatoms. The maximum absolute atomic E-state index is 12.9. The number of aryl methyl sites for hydroxylation is 2. The average Bonchev–Trinajstić information content (AvgIpc) is 2.95. The summed E-state index contributed by atoms with van der Waals surface area (Å²) in [5, 5.41) is 13.1. The SMILES string of the molecule is CCOc1ccc(C(=O)CCC(=O)Nc2cc(-c3cc(C)c(O)c(C)c3)cc(-c3ccccc3)n2)cc1OCC. The van der Waals surface area contributed by atoms with E-state index in [1.807, 2.05) is 76.2 Å². The van der Waals surface area contributed by atoms with Gasteiger partial charge in [-0.3, -0.25) is 9.59 Å². The number of hydrogen-bond donors (Lipinski definition) is 2. The molecule has 4 aromatic rings. The largest absolute Gasteiger partial charge is 0.507 e. The van der Waals surface area contributed by atoms with Crippen LogP contribution in [0.1, 0.15) is 48.2 Å². The lowest BCUT2D eigenvalue weighted by atomic mass is 9.98. The molecule has 0 aliphatic heterocycles. The molecule has 0 unspecified atom stereocenters. The van der Waals surface area contributed by atoms with Crippen LogP contribution >= 0.6 is 0 Å². The molecular weight excluding hydrogens is 504 g/mol. The molecule has 3 aromatic carbocycles. The third kappa shape index (κ3) is 6.86. The van der Waals surface area contributed by atoms with Crippen LogP contribution in [0.4, 0.5) is 5.82 Å². The number of Topliss-reactive ketones (excluding diaryl/α,β-unsaturated/α-hetero) is 1. The van der Waals surface area contributed by atoms with Crippen LogP contribution < -0.4 is 14.8 Å². The maximum atomic E-state index is 12.9. The minimum absolute atomic E-state index is 0.0000165. The van der Waals surface area contributed by atoms with E-state index in [2.05, 4.69) is 10.3 Å². The normalized spacial score (nSPS) is 10.7. The van der Waals surface area contributed by atoms with Gasteiger partial charge in [0.2, 0.25) is 5.91 Å². The van der Waals surface area contributed by atoms with E-state index < -0.39 is 0 Å². The van der Waals surface area contributed by atoms with E-state index >= 15 is 0 Å². The van der Waals surface area contributed by atoms with Crippen molar-refractivity contribution in [1.29, 1.82) is 0 Å². The van der Waals surface area contributed by atoms with Crippen LogP contribution in [-0.4, -0.2) is 35.0 Å². The number of carbonyl (C=O) groups excluding carboxylic acids is 2. The summed E-state index contributed by atoms with van der Waals surface area (Å²) >= 11 is 0. The minimum atomic E-state index is -0.314. The van der Waals surface area contributed by atoms with Gasteiger partial charge in [0, 0.05) is 24.0 Å². The fraction of sp³-hybridized carbons (Fsp3) is 0.242. The van der Waals surface area contributed by atoms with Gasteiger partial charge in [-0.2, -0.15) is 0 Å². The van der Waals surface area contributed by atoms with Gasteiger partial charge in [0.1, 0.15) is 11.6 Å². The summed E-state index contributed by atoms with van der Waals surface area (Å²) in [5.41, 5.74) is 5.35. The van der Waals surface area contributed by atoms with Crippen LogP contribution in [-0.2, 0) is 4.79 Å². The third-order valence-corrected chi connectivity index (χ3v) is 6.43. The van der Waals surface area contributed by atoms with E-state index in [1.54, 1.807) is 24.3 Å². The van der Waals surface area contributed by atoms with Crippen LogP contribution in [0.15, 0.2) is 72.8 Å². The number of hydrogen-bond acceptors (Lipinski definition) is 6. The molecule has 0 atom stereocenters. The Balaban J connectivity index is 1.54. The standard InChI is InChI=1S/C33H34N2O5/c1-5-39-29-14-12-24(19-30(29)40-6-2)28(36)13-15-32(37)35-31-20-26(25-16-21(3)33(38)22(4)17-25)18-27(34-31)23-10-8-7-9-11-23/h7-12,14,16-20,38H,5-6,13,15H2,1-4H3,(H,34,35,37). The number of aromatic hydroxyl groups is 1. The number of ether oxygens (including phenoxy) is 2. The Morgan fingerprint density at radius 2 is 1.43 bits per heavy atom. The van der Waals surface area contributed by atoms with Crippen molar-refractivity contribution in [2.45, 2.75) is 40.5 Å². The molecule has 40 heavy (non-hydrogen) atoms. The lowest BCUT2D eigenvalue weighted by Crippen LogP contribution is -2.15. The highest BCUT2D eigenvalue weighted by molar-refractivity contribution is 6.00. The van der Waals surface area contributed by atoms with Crippen molar-refractivity contribution in [1.82, 2.24) is 4.98 Å². The average molecular weight is 539 g/mol. The second-order valence-corrected chi connectivity index (χ2v) is 9.45. The van der Waals surface area contributed by atoms with E-state index in [0.29, 0.717) is 41.8 Å². The Kier molecular flexibility index (Phi) is 9.17. The zero-order chi connectivity index (χ0) is 28.6. The Bertz CT molecular complexity index is 1490. The zero-order valence-electron chi connectivity index (χ0n) is 23.3. The van der Waals surface area contributed by atoms with E-state index in [4.69, 9.17) is 9.47 Å². The second kappa shape index (κ2) is 12.9. The first kappa shape index (κ1) is 28.4. The fourth-order valence-electron chi connectivity index (χ4n) is 4.44. The van der Waals surface area contributed by atoms with Gasteiger partial charge in [-0.25, -0.2) is 4.98 Å². The number of pyridine rings is 1. The van der Waals surface area contributed by atoms with E-state index in [9.17, 15) is 14.7 Å². The summed E-state index contributed by atoms with van der Waals surface area (Å²) in [6.45, 7) is 8.39. The lowest BCUT2D eigenvalue weighted by molar-refractivity contribution is -0.116. The molecule has 206 valence electrons. The molecule has 2 N–H and O–H groups in total. The zero-order valence-corrected chi connectivity index (χ0v) is 23.3. The first-order valence-corrected chi connectivity index (χ1v) is 13.4. The molecule has 0 saturated carbocycles. The number of amides is 1. The number of nitrogens with one attached hydrogen (secondary N) is 1. The number of anilines is 1. The minimum Gasteiger partial charge on any atom is -0.507 e. The van der Waals surface area contributed by atoms with Crippen molar-refractivity contribution in [3.63, 3.8) is 0 Å². The predicted octanol–water partition coefficient (Wildman–Crippen LogP) is 7.14. The highest BCUT2D eigenvalue weighted by Crippen LogP contribution is 2.33. The summed E-state index contributed by atoms with van der Waals surface area (Å²) in [5.74, 6) is 1.26. The first-order valence-electron chi connectivity index (χ1n) is 13.4. The highest BCUT2D eigenvalue weighted by Gasteiger charge is 2.15. The number of phenols is 1. The molecule has 7 nitrogen and oxygen atoms in total. The molecule has 0 spiro atoms. The molecule has 0 fully saturated rings. The number of phenolic OH excluding ortho intramolecular Hbond substituents is 1. The smallest absolute Gasteiger partial charge is 0.225 e. The summed E-state index contributed by atoms with van der Waals surface area (Å²) in [6, 6.07) is 22.3. The molecule has 4 rings (SSSR count). The van der Waals surface area contributed by atoms with Crippen LogP contribution in [0.2, 0.25) is 0 Å². The van der Waals surface area contributed by atoms with Gasteiger partial charge in [0.05, 0.1) is 18.9 Å². The fourth-order valence-corrected chi connectivity index (χ4v) is 4.44. The monoisotopic (exact) mass is 538 g/mol. The third-order valence-electron chi connectivity index (χ3n) is 6.43. The van der Waals surface area contributed by atoms with Crippen molar-refractivity contribution in [3.8, 4) is 39.6 Å². The Morgan fingerprint density at radius 1 is 0.775 bits per heavy atom. The van der Waals surface area contributed by atoms with E-state index in [-0.39, 0.29) is 30.3 Å². The molecule has 0 bridgehead atoms. The molecular formula is C33H34N2O5. The van der Waals surface area contributed by atoms with Crippen LogP contribution in [0.5, 0.6) is 17.2 Å². The Labute approximate surface area is 234 Å². The van der Waals surface area contributed by atoms with Gasteiger partial charge in [0.25, 0.3) is 0 Å². The van der Waals surface area contributed by atoms with Crippen LogP contribution in [0.3, 0.4) is 0 Å². The van der Waals surface area contributed by atoms with Gasteiger partial charge in [0.15, 0.2) is 17.3 Å². The number of aromatic nitrogens is 1. The summed E-state index contributed by atoms with van der Waals surface area (Å²) in [6.07, 6.45) is 0.0347. The second-order valence-electron chi connectivity index (χ2n) is 9.45. The van der Waals surface area contributed by atoms with Crippen molar-refractivity contribution in [3.05, 3.63) is 89.5 Å². The van der Waals surface area contributed by atoms with Gasteiger partial charge in [-0.1, -0.05) is 30.3 Å². The van der Waals surface area contributed by atoms with Crippen LogP contribution in [0, 0.1) is 13.8 Å². The lowest BCUT2D eigenvalue weighted by Gasteiger charge is -2.13. The Morgan fingerprint density at radius 3 is 2.10 bits per heavy atom. The van der Waals surface area contributed by atoms with Crippen molar-refractivity contribution < 1.29 is 24.2 Å². The topological polar surface area (TPSA) is 97.8 Å². The van der Waals surface area contributed by atoms with Gasteiger partial charge >= 0.3 is 0 Å². The van der Waals surface area contributed by atoms with Crippen molar-refractivity contribution in [2.75, 3.05) is 18.5 Å². The predicted molar refractivity (Wildman–Crippen MR) is 157 cm³/mol. The van der Waals surface area contributed by atoms with Crippen molar-refractivity contribution >= 4 is 17.5 Å². The number of nitrogens with zero attached hydrogens (tertiary/aromatic N) is 1. The molecule has 1 aromatic heterocycles. The molecule has 0 aliphatic rings. The summed E-state index contributed by atoms with van der Waals surface area (Å²) in [7, 11) is 0. The molecule has 0 aliphatic carbocycles. The number of ketones is 1. The van der Waals surface area contributed by atoms with Crippen LogP contribution in [0.25, 0.3) is 22.4 Å². The number of rotatable bonds is 11. The number of benzene rings is 3. The first-order chi connectivity index (χ1) is 19.3. The quantitative estimate of drug-likeness (QED) is 0.197. The summed E-state index contributed by atoms with van der Waals surface area (Å²) < 4.78 is 11.2. The van der Waals surface area contributed by atoms with E-state index in [1.165, 1.54) is 0 Å². The molecule has 1 amide bonds. The summed E-state index contributed by atoms with van der Waals surface area (Å²) in [4.78, 5) is 30.5. The Hall–Kier alpha value is -4.65. The molecule has 0 radical (unpaired) electrons. The molecule has 1 heterocycles. The number of carbonyl (C=O) groups is 2. The van der Waals surface area contributed by atoms with Gasteiger partial charge < -0.3 is 19.9 Å². The maximum Gasteiger partial charge on any atom is 0.225 e. The van der Waals surface area contributed by atoms with Crippen molar-refractivity contribution in [2.24, 2.45) is 0 Å².